The van der Waals surface area contributed by atoms with Crippen LogP contribution < -0.4 is 18.9 Å². The number of hydrogen-bond acceptors (Lipinski definition) is 7. The van der Waals surface area contributed by atoms with Gasteiger partial charge in [-0.1, -0.05) is 29.8 Å². The van der Waals surface area contributed by atoms with Gasteiger partial charge < -0.3 is 18.9 Å². The molecule has 3 aromatic carbocycles. The number of hydrogen-bond donors (Lipinski definition) is 0. The number of fused-ring (bicyclic) bond motifs is 1. The summed E-state index contributed by atoms with van der Waals surface area (Å²) in [6.07, 6.45) is 1.43. The summed E-state index contributed by atoms with van der Waals surface area (Å²) < 4.78 is 21.3. The number of nitrogens with zero attached hydrogens (tertiary/aromatic N) is 1. The van der Waals surface area contributed by atoms with Crippen molar-refractivity contribution in [3.8, 4) is 29.1 Å². The highest BCUT2D eigenvalue weighted by molar-refractivity contribution is 6.33. The normalized spacial score (nSPS) is 12.1. The number of esters is 1. The van der Waals surface area contributed by atoms with E-state index in [-0.39, 0.29) is 34.5 Å². The van der Waals surface area contributed by atoms with Crippen molar-refractivity contribution >= 4 is 29.4 Å². The first-order chi connectivity index (χ1) is 16.0. The number of ketones is 1. The molecule has 0 aromatic heterocycles. The summed E-state index contributed by atoms with van der Waals surface area (Å²) in [5.74, 6) is 0.296. The molecule has 0 radical (unpaired) electrons. The summed E-state index contributed by atoms with van der Waals surface area (Å²) >= 11 is 6.05. The summed E-state index contributed by atoms with van der Waals surface area (Å²) in [4.78, 5) is 25.3. The molecule has 0 unspecified atom stereocenters. The standard InChI is InChI=1S/C25H16ClNO6/c1-30-22-11-15(6-8-21(22)33-25(29)18-4-2-3-5-19(18)26)10-17(13-27)24(28)16-7-9-20-23(12-16)32-14-31-20/h2-12H,14H2,1H3. The highest BCUT2D eigenvalue weighted by Gasteiger charge is 2.19. The minimum absolute atomic E-state index is 0.0844. The van der Waals surface area contributed by atoms with E-state index in [9.17, 15) is 14.9 Å². The third-order valence-corrected chi connectivity index (χ3v) is 5.12. The van der Waals surface area contributed by atoms with Crippen LogP contribution in [0.2, 0.25) is 5.02 Å². The lowest BCUT2D eigenvalue weighted by atomic mass is 10.0. The lowest BCUT2D eigenvalue weighted by Crippen LogP contribution is -2.10. The van der Waals surface area contributed by atoms with Gasteiger partial charge in [0.15, 0.2) is 23.0 Å². The minimum atomic E-state index is -0.641. The van der Waals surface area contributed by atoms with E-state index in [2.05, 4.69) is 0 Å². The maximum atomic E-state index is 12.8. The van der Waals surface area contributed by atoms with Crippen molar-refractivity contribution in [1.29, 1.82) is 5.26 Å². The summed E-state index contributed by atoms with van der Waals surface area (Å²) in [5, 5.41) is 9.82. The molecule has 33 heavy (non-hydrogen) atoms. The van der Waals surface area contributed by atoms with Crippen LogP contribution in [0.4, 0.5) is 0 Å². The maximum absolute atomic E-state index is 12.8. The Morgan fingerprint density at radius 3 is 2.58 bits per heavy atom. The van der Waals surface area contributed by atoms with Gasteiger partial charge in [0.05, 0.1) is 17.7 Å². The molecule has 8 heteroatoms. The van der Waals surface area contributed by atoms with E-state index in [0.717, 1.165) is 0 Å². The van der Waals surface area contributed by atoms with Crippen LogP contribution in [0.15, 0.2) is 66.2 Å². The topological polar surface area (TPSA) is 94.8 Å². The summed E-state index contributed by atoms with van der Waals surface area (Å²) in [6.45, 7) is 0.0844. The van der Waals surface area contributed by atoms with Gasteiger partial charge in [0.2, 0.25) is 12.6 Å². The fourth-order valence-corrected chi connectivity index (χ4v) is 3.36. The number of methoxy groups -OCH3 is 1. The van der Waals surface area contributed by atoms with Crippen LogP contribution in [0.5, 0.6) is 23.0 Å². The molecule has 0 amide bonds. The molecule has 1 aliphatic heterocycles. The van der Waals surface area contributed by atoms with Crippen LogP contribution in [0, 0.1) is 11.3 Å². The summed E-state index contributed by atoms with van der Waals surface area (Å²) in [7, 11) is 1.42. The second-order valence-corrected chi connectivity index (χ2v) is 7.25. The van der Waals surface area contributed by atoms with Crippen LogP contribution in [0.25, 0.3) is 6.08 Å². The Balaban J connectivity index is 1.58. The Hall–Kier alpha value is -4.28. The van der Waals surface area contributed by atoms with Crippen molar-refractivity contribution in [1.82, 2.24) is 0 Å². The van der Waals surface area contributed by atoms with Gasteiger partial charge in [-0.25, -0.2) is 4.79 Å². The van der Waals surface area contributed by atoms with Gasteiger partial charge >= 0.3 is 5.97 Å². The van der Waals surface area contributed by atoms with Gasteiger partial charge in [-0.05, 0) is 54.1 Å². The number of ether oxygens (including phenoxy) is 4. The molecule has 0 bridgehead atoms. The number of nitriles is 1. The Morgan fingerprint density at radius 1 is 1.03 bits per heavy atom. The van der Waals surface area contributed by atoms with Crippen molar-refractivity contribution in [2.45, 2.75) is 0 Å². The predicted molar refractivity (Wildman–Crippen MR) is 120 cm³/mol. The van der Waals surface area contributed by atoms with Gasteiger partial charge in [-0.2, -0.15) is 5.26 Å². The lowest BCUT2D eigenvalue weighted by Gasteiger charge is -2.11. The van der Waals surface area contributed by atoms with Crippen molar-refractivity contribution < 1.29 is 28.5 Å². The number of benzene rings is 3. The molecule has 0 atom stereocenters. The van der Waals surface area contributed by atoms with Crippen molar-refractivity contribution in [3.63, 3.8) is 0 Å². The average molecular weight is 462 g/mol. The number of carbonyl (C=O) groups excluding carboxylic acids is 2. The molecule has 1 heterocycles. The van der Waals surface area contributed by atoms with Crippen LogP contribution in [-0.2, 0) is 0 Å². The fraction of sp³-hybridized carbons (Fsp3) is 0.0800. The van der Waals surface area contributed by atoms with E-state index in [1.54, 1.807) is 48.5 Å². The average Bonchev–Trinajstić information content (AvgIpc) is 3.31. The molecule has 3 aromatic rings. The Labute approximate surface area is 194 Å². The van der Waals surface area contributed by atoms with Gasteiger partial charge in [0.1, 0.15) is 11.6 Å². The van der Waals surface area contributed by atoms with E-state index in [1.165, 1.54) is 25.3 Å². The molecule has 0 fully saturated rings. The van der Waals surface area contributed by atoms with Gasteiger partial charge in [0, 0.05) is 5.56 Å². The number of allylic oxidation sites excluding steroid dienone is 1. The minimum Gasteiger partial charge on any atom is -0.493 e. The summed E-state index contributed by atoms with van der Waals surface area (Å²) in [5.41, 5.74) is 0.933. The number of rotatable bonds is 6. The quantitative estimate of drug-likeness (QED) is 0.166. The van der Waals surface area contributed by atoms with Crippen molar-refractivity contribution in [2.24, 2.45) is 0 Å². The molecular weight excluding hydrogens is 446 g/mol. The zero-order valence-electron chi connectivity index (χ0n) is 17.3. The van der Waals surface area contributed by atoms with Gasteiger partial charge in [-0.3, -0.25) is 4.79 Å². The lowest BCUT2D eigenvalue weighted by molar-refractivity contribution is 0.0729. The molecule has 0 spiro atoms. The van der Waals surface area contributed by atoms with E-state index < -0.39 is 11.8 Å². The van der Waals surface area contributed by atoms with Crippen LogP contribution in [0.3, 0.4) is 0 Å². The van der Waals surface area contributed by atoms with Gasteiger partial charge in [-0.15, -0.1) is 0 Å². The van der Waals surface area contributed by atoms with Crippen molar-refractivity contribution in [2.75, 3.05) is 13.9 Å². The highest BCUT2D eigenvalue weighted by atomic mass is 35.5. The monoisotopic (exact) mass is 461 g/mol. The molecule has 7 nitrogen and oxygen atoms in total. The first-order valence-electron chi connectivity index (χ1n) is 9.71. The molecule has 4 rings (SSSR count). The highest BCUT2D eigenvalue weighted by Crippen LogP contribution is 2.34. The Bertz CT molecular complexity index is 1320. The third kappa shape index (κ3) is 4.66. The summed E-state index contributed by atoms with van der Waals surface area (Å²) in [6, 6.07) is 17.8. The molecular formula is C25H16ClNO6. The molecule has 164 valence electrons. The number of Topliss-reactive ketones (excluding diaryl/α,β-unsaturated/α-hetero) is 1. The predicted octanol–water partition coefficient (Wildman–Crippen LogP) is 5.09. The smallest absolute Gasteiger partial charge is 0.345 e. The van der Waals surface area contributed by atoms with Crippen LogP contribution >= 0.6 is 11.6 Å². The molecule has 0 N–H and O–H groups in total. The van der Waals surface area contributed by atoms with Crippen molar-refractivity contribution in [3.05, 3.63) is 87.9 Å². The molecule has 1 aliphatic rings. The van der Waals surface area contributed by atoms with E-state index >= 15 is 0 Å². The largest absolute Gasteiger partial charge is 0.493 e. The third-order valence-electron chi connectivity index (χ3n) is 4.79. The SMILES string of the molecule is COc1cc(C=C(C#N)C(=O)c2ccc3c(c2)OCO3)ccc1OC(=O)c1ccccc1Cl. The second kappa shape index (κ2) is 9.47. The zero-order valence-corrected chi connectivity index (χ0v) is 18.1. The second-order valence-electron chi connectivity index (χ2n) is 6.85. The van der Waals surface area contributed by atoms with E-state index in [1.807, 2.05) is 6.07 Å². The van der Waals surface area contributed by atoms with E-state index in [0.29, 0.717) is 22.6 Å². The first kappa shape index (κ1) is 21.9. The maximum Gasteiger partial charge on any atom is 0.345 e. The zero-order chi connectivity index (χ0) is 23.4. The number of halogens is 1. The fourth-order valence-electron chi connectivity index (χ4n) is 3.15. The molecule has 0 aliphatic carbocycles. The van der Waals surface area contributed by atoms with Crippen LogP contribution in [0.1, 0.15) is 26.3 Å². The van der Waals surface area contributed by atoms with Crippen LogP contribution in [-0.4, -0.2) is 25.7 Å². The van der Waals surface area contributed by atoms with E-state index in [4.69, 9.17) is 30.5 Å². The molecule has 0 saturated heterocycles. The molecule has 0 saturated carbocycles. The Kier molecular flexibility index (Phi) is 6.29. The Morgan fingerprint density at radius 2 is 1.82 bits per heavy atom. The first-order valence-corrected chi connectivity index (χ1v) is 10.1. The van der Waals surface area contributed by atoms with Gasteiger partial charge in [0.25, 0.3) is 0 Å². The number of carbonyl (C=O) groups is 2.